The van der Waals surface area contributed by atoms with E-state index in [4.69, 9.17) is 0 Å². The second-order valence-corrected chi connectivity index (χ2v) is 6.08. The fraction of sp³-hybridized carbons (Fsp3) is 0.364. The van der Waals surface area contributed by atoms with E-state index in [1.54, 1.807) is 18.3 Å². The van der Waals surface area contributed by atoms with Gasteiger partial charge in [0.2, 0.25) is 10.0 Å². The van der Waals surface area contributed by atoms with Crippen molar-refractivity contribution in [3.8, 4) is 0 Å². The molecule has 2 rings (SSSR count). The number of nitrogens with one attached hydrogen (secondary N) is 1. The lowest BCUT2D eigenvalue weighted by molar-refractivity contribution is 0.551. The normalized spacial score (nSPS) is 12.2. The highest BCUT2D eigenvalue weighted by molar-refractivity contribution is 7.92. The van der Waals surface area contributed by atoms with Crippen molar-refractivity contribution >= 4 is 26.6 Å². The zero-order valence-corrected chi connectivity index (χ0v) is 10.8. The summed E-state index contributed by atoms with van der Waals surface area (Å²) in [4.78, 5) is 0. The van der Waals surface area contributed by atoms with Crippen molar-refractivity contribution in [3.63, 3.8) is 0 Å². The molecule has 6 heteroatoms. The van der Waals surface area contributed by atoms with Crippen molar-refractivity contribution < 1.29 is 8.42 Å². The maximum atomic E-state index is 11.2. The van der Waals surface area contributed by atoms with Gasteiger partial charge in [0.25, 0.3) is 0 Å². The van der Waals surface area contributed by atoms with E-state index in [2.05, 4.69) is 9.82 Å². The number of hydrogen-bond donors (Lipinski definition) is 1. The van der Waals surface area contributed by atoms with Crippen LogP contribution < -0.4 is 4.72 Å². The first-order valence-electron chi connectivity index (χ1n) is 5.32. The Hall–Kier alpha value is -1.56. The van der Waals surface area contributed by atoms with Gasteiger partial charge in [-0.2, -0.15) is 5.10 Å². The molecule has 92 valence electrons. The summed E-state index contributed by atoms with van der Waals surface area (Å²) in [6.07, 6.45) is 2.91. The highest BCUT2D eigenvalue weighted by atomic mass is 32.2. The fourth-order valence-electron chi connectivity index (χ4n) is 1.73. The Bertz CT molecular complexity index is 644. The van der Waals surface area contributed by atoms with Crippen molar-refractivity contribution in [1.82, 2.24) is 9.78 Å². The largest absolute Gasteiger partial charge is 0.284 e. The standard InChI is InChI=1S/C11H15N3O2S/c1-8(2)14-11-6-10(13-17(3,15)16)5-4-9(11)7-12-14/h4-8,13H,1-3H3. The first-order valence-corrected chi connectivity index (χ1v) is 7.21. The van der Waals surface area contributed by atoms with Gasteiger partial charge in [-0.05, 0) is 32.0 Å². The second-order valence-electron chi connectivity index (χ2n) is 4.33. The summed E-state index contributed by atoms with van der Waals surface area (Å²) in [5.41, 5.74) is 1.48. The van der Waals surface area contributed by atoms with Crippen LogP contribution in [-0.4, -0.2) is 24.5 Å². The molecule has 0 atom stereocenters. The number of fused-ring (bicyclic) bond motifs is 1. The SMILES string of the molecule is CC(C)n1ncc2ccc(NS(C)(=O)=O)cc21. The average Bonchev–Trinajstić information content (AvgIpc) is 2.57. The van der Waals surface area contributed by atoms with E-state index >= 15 is 0 Å². The van der Waals surface area contributed by atoms with Gasteiger partial charge in [-0.15, -0.1) is 0 Å². The van der Waals surface area contributed by atoms with E-state index in [9.17, 15) is 8.42 Å². The highest BCUT2D eigenvalue weighted by Crippen LogP contribution is 2.22. The molecule has 17 heavy (non-hydrogen) atoms. The predicted octanol–water partition coefficient (Wildman–Crippen LogP) is 1.99. The Labute approximate surface area is 100 Å². The van der Waals surface area contributed by atoms with Gasteiger partial charge in [-0.25, -0.2) is 8.42 Å². The van der Waals surface area contributed by atoms with E-state index in [1.165, 1.54) is 0 Å². The molecule has 0 bridgehead atoms. The molecule has 0 amide bonds. The number of rotatable bonds is 3. The highest BCUT2D eigenvalue weighted by Gasteiger charge is 2.08. The minimum absolute atomic E-state index is 0.237. The first kappa shape index (κ1) is 11.9. The van der Waals surface area contributed by atoms with Crippen LogP contribution in [0, 0.1) is 0 Å². The Morgan fingerprint density at radius 2 is 2.06 bits per heavy atom. The molecule has 0 spiro atoms. The maximum Gasteiger partial charge on any atom is 0.229 e. The van der Waals surface area contributed by atoms with Crippen LogP contribution in [0.5, 0.6) is 0 Å². The summed E-state index contributed by atoms with van der Waals surface area (Å²) >= 11 is 0. The van der Waals surface area contributed by atoms with Gasteiger partial charge in [-0.1, -0.05) is 0 Å². The molecule has 1 heterocycles. The lowest BCUT2D eigenvalue weighted by atomic mass is 10.2. The molecule has 0 aliphatic rings. The lowest BCUT2D eigenvalue weighted by Crippen LogP contribution is -2.09. The Balaban J connectivity index is 2.51. The topological polar surface area (TPSA) is 64.0 Å². The summed E-state index contributed by atoms with van der Waals surface area (Å²) in [5, 5.41) is 5.27. The second kappa shape index (κ2) is 4.03. The predicted molar refractivity (Wildman–Crippen MR) is 68.6 cm³/mol. The van der Waals surface area contributed by atoms with Crippen molar-refractivity contribution in [2.75, 3.05) is 11.0 Å². The summed E-state index contributed by atoms with van der Waals surface area (Å²) in [5.74, 6) is 0. The number of sulfonamides is 1. The first-order chi connectivity index (χ1) is 7.87. The van der Waals surface area contributed by atoms with Gasteiger partial charge in [0.1, 0.15) is 0 Å². The molecule has 0 fully saturated rings. The van der Waals surface area contributed by atoms with Crippen molar-refractivity contribution in [1.29, 1.82) is 0 Å². The molecule has 1 aromatic carbocycles. The van der Waals surface area contributed by atoms with Crippen LogP contribution in [0.1, 0.15) is 19.9 Å². The molecule has 0 unspecified atom stereocenters. The third-order valence-corrected chi connectivity index (χ3v) is 3.00. The molecule has 0 aliphatic heterocycles. The molecule has 1 aromatic heterocycles. The van der Waals surface area contributed by atoms with E-state index < -0.39 is 10.0 Å². The number of anilines is 1. The number of aromatic nitrogens is 2. The van der Waals surface area contributed by atoms with Gasteiger partial charge in [-0.3, -0.25) is 9.40 Å². The van der Waals surface area contributed by atoms with Gasteiger partial charge in [0, 0.05) is 11.4 Å². The summed E-state index contributed by atoms with van der Waals surface area (Å²) < 4.78 is 26.6. The molecule has 1 N–H and O–H groups in total. The van der Waals surface area contributed by atoms with Crippen LogP contribution in [-0.2, 0) is 10.0 Å². The van der Waals surface area contributed by atoms with E-state index in [1.807, 2.05) is 24.6 Å². The summed E-state index contributed by atoms with van der Waals surface area (Å²) in [7, 11) is -3.24. The molecule has 5 nitrogen and oxygen atoms in total. The monoisotopic (exact) mass is 253 g/mol. The van der Waals surface area contributed by atoms with Crippen molar-refractivity contribution in [3.05, 3.63) is 24.4 Å². The smallest absolute Gasteiger partial charge is 0.229 e. The molecular formula is C11H15N3O2S. The minimum Gasteiger partial charge on any atom is -0.284 e. The zero-order valence-electron chi connectivity index (χ0n) is 10.0. The Kier molecular flexibility index (Phi) is 2.82. The molecule has 2 aromatic rings. The van der Waals surface area contributed by atoms with Crippen LogP contribution >= 0.6 is 0 Å². The van der Waals surface area contributed by atoms with E-state index in [0.717, 1.165) is 17.2 Å². The van der Waals surface area contributed by atoms with Crippen LogP contribution in [0.2, 0.25) is 0 Å². The van der Waals surface area contributed by atoms with Crippen molar-refractivity contribution in [2.45, 2.75) is 19.9 Å². The van der Waals surface area contributed by atoms with E-state index in [0.29, 0.717) is 5.69 Å². The fourth-order valence-corrected chi connectivity index (χ4v) is 2.28. The molecule has 0 aliphatic carbocycles. The van der Waals surface area contributed by atoms with E-state index in [-0.39, 0.29) is 6.04 Å². The van der Waals surface area contributed by atoms with Gasteiger partial charge >= 0.3 is 0 Å². The number of benzene rings is 1. The third-order valence-electron chi connectivity index (χ3n) is 2.39. The van der Waals surface area contributed by atoms with Crippen LogP contribution in [0.4, 0.5) is 5.69 Å². The maximum absolute atomic E-state index is 11.2. The average molecular weight is 253 g/mol. The summed E-state index contributed by atoms with van der Waals surface area (Å²) in [6, 6.07) is 5.62. The number of hydrogen-bond acceptors (Lipinski definition) is 3. The number of nitrogens with zero attached hydrogens (tertiary/aromatic N) is 2. The minimum atomic E-state index is -3.24. The molecular weight excluding hydrogens is 238 g/mol. The molecule has 0 radical (unpaired) electrons. The molecule has 0 saturated carbocycles. The van der Waals surface area contributed by atoms with Crippen LogP contribution in [0.25, 0.3) is 10.9 Å². The quantitative estimate of drug-likeness (QED) is 0.909. The Morgan fingerprint density at radius 1 is 1.35 bits per heavy atom. The van der Waals surface area contributed by atoms with Crippen molar-refractivity contribution in [2.24, 2.45) is 0 Å². The lowest BCUT2D eigenvalue weighted by Gasteiger charge is -2.08. The van der Waals surface area contributed by atoms with Gasteiger partial charge in [0.15, 0.2) is 0 Å². The molecule has 0 saturated heterocycles. The summed E-state index contributed by atoms with van der Waals surface area (Å²) in [6.45, 7) is 4.06. The third kappa shape index (κ3) is 2.58. The van der Waals surface area contributed by atoms with Gasteiger partial charge < -0.3 is 0 Å². The van der Waals surface area contributed by atoms with Gasteiger partial charge in [0.05, 0.1) is 23.7 Å². The van der Waals surface area contributed by atoms with Crippen LogP contribution in [0.3, 0.4) is 0 Å². The Morgan fingerprint density at radius 3 is 2.65 bits per heavy atom. The van der Waals surface area contributed by atoms with Crippen LogP contribution in [0.15, 0.2) is 24.4 Å². The zero-order chi connectivity index (χ0) is 12.6.